The third-order valence-electron chi connectivity index (χ3n) is 2.08. The molecule has 18 heavy (non-hydrogen) atoms. The zero-order chi connectivity index (χ0) is 13.4. The number of carboxylic acid groups (broad SMARTS) is 1. The second-order valence-corrected chi connectivity index (χ2v) is 3.49. The van der Waals surface area contributed by atoms with Gasteiger partial charge in [0.2, 0.25) is 0 Å². The number of benzene rings is 1. The van der Waals surface area contributed by atoms with Crippen LogP contribution in [0.4, 0.5) is 0 Å². The van der Waals surface area contributed by atoms with Gasteiger partial charge in [-0.3, -0.25) is 9.78 Å². The summed E-state index contributed by atoms with van der Waals surface area (Å²) < 4.78 is 5.16. The maximum atomic E-state index is 9.00. The maximum Gasteiger partial charge on any atom is 0.300 e. The van der Waals surface area contributed by atoms with Crippen LogP contribution in [0.3, 0.4) is 0 Å². The SMILES string of the molecule is CC(=O)O.COc1cccc(-c2ccncc2)c1. The number of hydrogen-bond donors (Lipinski definition) is 1. The summed E-state index contributed by atoms with van der Waals surface area (Å²) in [5, 5.41) is 7.42. The van der Waals surface area contributed by atoms with Gasteiger partial charge in [-0.2, -0.15) is 0 Å². The summed E-state index contributed by atoms with van der Waals surface area (Å²) in [5.74, 6) is 0.0410. The molecule has 0 amide bonds. The van der Waals surface area contributed by atoms with Gasteiger partial charge in [0.15, 0.2) is 0 Å². The summed E-state index contributed by atoms with van der Waals surface area (Å²) in [6.45, 7) is 1.08. The number of aliphatic carboxylic acids is 1. The van der Waals surface area contributed by atoms with Crippen molar-refractivity contribution >= 4 is 5.97 Å². The minimum Gasteiger partial charge on any atom is -0.497 e. The van der Waals surface area contributed by atoms with Gasteiger partial charge in [-0.05, 0) is 35.4 Å². The first-order valence-corrected chi connectivity index (χ1v) is 5.37. The van der Waals surface area contributed by atoms with Gasteiger partial charge in [0.05, 0.1) is 7.11 Å². The van der Waals surface area contributed by atoms with Crippen molar-refractivity contribution in [3.05, 3.63) is 48.8 Å². The Labute approximate surface area is 106 Å². The monoisotopic (exact) mass is 245 g/mol. The topological polar surface area (TPSA) is 59.4 Å². The number of methoxy groups -OCH3 is 1. The van der Waals surface area contributed by atoms with Crippen LogP contribution in [0, 0.1) is 0 Å². The second kappa shape index (κ2) is 7.06. The lowest BCUT2D eigenvalue weighted by atomic mass is 10.1. The normalized spacial score (nSPS) is 9.00. The standard InChI is InChI=1S/C12H11NO.C2H4O2/c1-14-12-4-2-3-11(9-12)10-5-7-13-8-6-10;1-2(3)4/h2-9H,1H3;1H3,(H,3,4). The summed E-state index contributed by atoms with van der Waals surface area (Å²) in [7, 11) is 1.67. The molecule has 0 saturated heterocycles. The minimum absolute atomic E-state index is 0.833. The molecule has 0 spiro atoms. The fourth-order valence-corrected chi connectivity index (χ4v) is 1.35. The zero-order valence-corrected chi connectivity index (χ0v) is 10.3. The molecule has 1 heterocycles. The molecule has 4 heteroatoms. The van der Waals surface area contributed by atoms with Crippen LogP contribution in [0.2, 0.25) is 0 Å². The molecule has 0 atom stereocenters. The first kappa shape index (κ1) is 13.7. The van der Waals surface area contributed by atoms with Crippen LogP contribution in [0.1, 0.15) is 6.92 Å². The van der Waals surface area contributed by atoms with Crippen molar-refractivity contribution < 1.29 is 14.6 Å². The van der Waals surface area contributed by atoms with Gasteiger partial charge in [0, 0.05) is 19.3 Å². The molecule has 94 valence electrons. The van der Waals surface area contributed by atoms with E-state index in [2.05, 4.69) is 11.1 Å². The smallest absolute Gasteiger partial charge is 0.300 e. The molecule has 0 radical (unpaired) electrons. The molecule has 4 nitrogen and oxygen atoms in total. The Morgan fingerprint density at radius 3 is 2.33 bits per heavy atom. The van der Waals surface area contributed by atoms with Gasteiger partial charge >= 0.3 is 0 Å². The lowest BCUT2D eigenvalue weighted by Crippen LogP contribution is -1.83. The van der Waals surface area contributed by atoms with Gasteiger partial charge in [-0.15, -0.1) is 0 Å². The molecular weight excluding hydrogens is 230 g/mol. The largest absolute Gasteiger partial charge is 0.497 e. The van der Waals surface area contributed by atoms with Gasteiger partial charge in [0.25, 0.3) is 5.97 Å². The van der Waals surface area contributed by atoms with Crippen LogP contribution < -0.4 is 4.74 Å². The number of pyridine rings is 1. The first-order chi connectivity index (χ1) is 8.63. The van der Waals surface area contributed by atoms with Crippen LogP contribution in [0.25, 0.3) is 11.1 Å². The molecule has 0 aliphatic carbocycles. The predicted molar refractivity (Wildman–Crippen MR) is 69.5 cm³/mol. The summed E-state index contributed by atoms with van der Waals surface area (Å²) >= 11 is 0. The maximum absolute atomic E-state index is 9.00. The molecule has 0 aliphatic rings. The minimum atomic E-state index is -0.833. The zero-order valence-electron chi connectivity index (χ0n) is 10.3. The van der Waals surface area contributed by atoms with Crippen LogP contribution >= 0.6 is 0 Å². The third-order valence-corrected chi connectivity index (χ3v) is 2.08. The van der Waals surface area contributed by atoms with Crippen molar-refractivity contribution in [1.82, 2.24) is 4.98 Å². The molecule has 1 N–H and O–H groups in total. The van der Waals surface area contributed by atoms with Crippen molar-refractivity contribution in [3.63, 3.8) is 0 Å². The highest BCUT2D eigenvalue weighted by Gasteiger charge is 1.97. The number of rotatable bonds is 2. The van der Waals surface area contributed by atoms with E-state index in [1.54, 1.807) is 19.5 Å². The van der Waals surface area contributed by atoms with Gasteiger partial charge in [-0.25, -0.2) is 0 Å². The molecule has 0 saturated carbocycles. The number of hydrogen-bond acceptors (Lipinski definition) is 3. The quantitative estimate of drug-likeness (QED) is 0.883. The molecule has 0 aliphatic heterocycles. The highest BCUT2D eigenvalue weighted by Crippen LogP contribution is 2.22. The fraction of sp³-hybridized carbons (Fsp3) is 0.143. The van der Waals surface area contributed by atoms with Crippen molar-refractivity contribution in [2.75, 3.05) is 7.11 Å². The Bertz CT molecular complexity index is 493. The lowest BCUT2D eigenvalue weighted by molar-refractivity contribution is -0.134. The van der Waals surface area contributed by atoms with Crippen LogP contribution in [-0.2, 0) is 4.79 Å². The van der Waals surface area contributed by atoms with Gasteiger partial charge in [-0.1, -0.05) is 12.1 Å². The van der Waals surface area contributed by atoms with E-state index in [9.17, 15) is 0 Å². The van der Waals surface area contributed by atoms with Crippen molar-refractivity contribution in [2.24, 2.45) is 0 Å². The van der Waals surface area contributed by atoms with E-state index >= 15 is 0 Å². The van der Waals surface area contributed by atoms with E-state index in [4.69, 9.17) is 14.6 Å². The first-order valence-electron chi connectivity index (χ1n) is 5.37. The fourth-order valence-electron chi connectivity index (χ4n) is 1.35. The Morgan fingerprint density at radius 2 is 1.78 bits per heavy atom. The Balaban J connectivity index is 0.000000357. The molecular formula is C14H15NO3. The number of ether oxygens (including phenoxy) is 1. The second-order valence-electron chi connectivity index (χ2n) is 3.49. The average Bonchev–Trinajstić information content (AvgIpc) is 2.39. The highest BCUT2D eigenvalue weighted by atomic mass is 16.5. The molecule has 2 rings (SSSR count). The molecule has 0 bridgehead atoms. The Kier molecular flexibility index (Phi) is 5.38. The number of nitrogens with zero attached hydrogens (tertiary/aromatic N) is 1. The summed E-state index contributed by atoms with van der Waals surface area (Å²) in [5.41, 5.74) is 2.30. The number of carboxylic acids is 1. The molecule has 2 aromatic rings. The summed E-state index contributed by atoms with van der Waals surface area (Å²) in [4.78, 5) is 13.0. The molecule has 0 fully saturated rings. The van der Waals surface area contributed by atoms with E-state index < -0.39 is 5.97 Å². The van der Waals surface area contributed by atoms with Gasteiger partial charge in [0.1, 0.15) is 5.75 Å². The van der Waals surface area contributed by atoms with Crippen LogP contribution in [-0.4, -0.2) is 23.2 Å². The van der Waals surface area contributed by atoms with Gasteiger partial charge < -0.3 is 9.84 Å². The number of aromatic nitrogens is 1. The van der Waals surface area contributed by atoms with Crippen molar-refractivity contribution in [1.29, 1.82) is 0 Å². The van der Waals surface area contributed by atoms with Crippen molar-refractivity contribution in [3.8, 4) is 16.9 Å². The van der Waals surface area contributed by atoms with E-state index in [1.807, 2.05) is 30.3 Å². The van der Waals surface area contributed by atoms with Crippen molar-refractivity contribution in [2.45, 2.75) is 6.92 Å². The van der Waals surface area contributed by atoms with E-state index in [0.29, 0.717) is 0 Å². The summed E-state index contributed by atoms with van der Waals surface area (Å²) in [6.07, 6.45) is 3.57. The number of carbonyl (C=O) groups is 1. The Hall–Kier alpha value is -2.36. The average molecular weight is 245 g/mol. The highest BCUT2D eigenvalue weighted by molar-refractivity contribution is 5.64. The summed E-state index contributed by atoms with van der Waals surface area (Å²) in [6, 6.07) is 11.9. The van der Waals surface area contributed by atoms with Crippen LogP contribution in [0.5, 0.6) is 5.75 Å². The van der Waals surface area contributed by atoms with E-state index in [0.717, 1.165) is 23.8 Å². The lowest BCUT2D eigenvalue weighted by Gasteiger charge is -2.03. The molecule has 1 aromatic carbocycles. The molecule has 1 aromatic heterocycles. The van der Waals surface area contributed by atoms with Crippen LogP contribution in [0.15, 0.2) is 48.8 Å². The third kappa shape index (κ3) is 4.65. The van der Waals surface area contributed by atoms with E-state index in [-0.39, 0.29) is 0 Å². The molecule has 0 unspecified atom stereocenters. The Morgan fingerprint density at radius 1 is 1.17 bits per heavy atom. The predicted octanol–water partition coefficient (Wildman–Crippen LogP) is 2.85. The van der Waals surface area contributed by atoms with E-state index in [1.165, 1.54) is 0 Å².